The second-order valence-corrected chi connectivity index (χ2v) is 7.12. The van der Waals surface area contributed by atoms with Crippen molar-refractivity contribution in [3.8, 4) is 0 Å². The first-order valence-electron chi connectivity index (χ1n) is 9.37. The van der Waals surface area contributed by atoms with E-state index in [-0.39, 0.29) is 31.5 Å². The molecule has 3 rings (SSSR count). The van der Waals surface area contributed by atoms with Crippen LogP contribution in [0.25, 0.3) is 0 Å². The van der Waals surface area contributed by atoms with E-state index in [0.717, 1.165) is 36.1 Å². The Hall–Kier alpha value is -2.70. The SMILES string of the molecule is Cc1ccc2c(c1)C(=O)N(CCC(=O)OCC(=O)NC1CCCCC1)C2=O. The smallest absolute Gasteiger partial charge is 0.308 e. The molecule has 0 spiro atoms. The van der Waals surface area contributed by atoms with E-state index in [9.17, 15) is 19.2 Å². The van der Waals surface area contributed by atoms with Gasteiger partial charge in [0.05, 0.1) is 17.5 Å². The zero-order chi connectivity index (χ0) is 19.4. The molecule has 1 N–H and O–H groups in total. The molecule has 0 saturated heterocycles. The van der Waals surface area contributed by atoms with Crippen molar-refractivity contribution in [2.24, 2.45) is 0 Å². The third-order valence-corrected chi connectivity index (χ3v) is 5.00. The molecule has 1 heterocycles. The summed E-state index contributed by atoms with van der Waals surface area (Å²) < 4.78 is 4.97. The van der Waals surface area contributed by atoms with Crippen molar-refractivity contribution in [3.05, 3.63) is 34.9 Å². The van der Waals surface area contributed by atoms with Gasteiger partial charge in [0.15, 0.2) is 6.61 Å². The van der Waals surface area contributed by atoms with Crippen molar-refractivity contribution in [1.82, 2.24) is 10.2 Å². The molecule has 1 aromatic rings. The van der Waals surface area contributed by atoms with Crippen LogP contribution in [0.5, 0.6) is 0 Å². The normalized spacial score (nSPS) is 17.0. The first-order valence-corrected chi connectivity index (χ1v) is 9.37. The van der Waals surface area contributed by atoms with Gasteiger partial charge in [-0.15, -0.1) is 0 Å². The van der Waals surface area contributed by atoms with Crippen molar-refractivity contribution >= 4 is 23.7 Å². The Labute approximate surface area is 158 Å². The molecule has 144 valence electrons. The molecule has 3 amide bonds. The molecule has 1 aliphatic heterocycles. The molecule has 1 saturated carbocycles. The Balaban J connectivity index is 1.43. The van der Waals surface area contributed by atoms with Crippen LogP contribution in [-0.2, 0) is 14.3 Å². The Morgan fingerprint density at radius 2 is 1.81 bits per heavy atom. The molecule has 0 bridgehead atoms. The summed E-state index contributed by atoms with van der Waals surface area (Å²) in [6.45, 7) is 1.45. The quantitative estimate of drug-likeness (QED) is 0.609. The molecule has 7 nitrogen and oxygen atoms in total. The number of aryl methyl sites for hydroxylation is 1. The average Bonchev–Trinajstić information content (AvgIpc) is 2.89. The van der Waals surface area contributed by atoms with Crippen LogP contribution in [0.1, 0.15) is 64.8 Å². The van der Waals surface area contributed by atoms with Crippen LogP contribution in [0.2, 0.25) is 0 Å². The first kappa shape index (κ1) is 19.1. The van der Waals surface area contributed by atoms with Gasteiger partial charge in [0.1, 0.15) is 0 Å². The maximum Gasteiger partial charge on any atom is 0.308 e. The number of nitrogens with zero attached hydrogens (tertiary/aromatic N) is 1. The van der Waals surface area contributed by atoms with E-state index in [0.29, 0.717) is 11.1 Å². The Bertz CT molecular complexity index is 768. The van der Waals surface area contributed by atoms with Gasteiger partial charge in [-0.05, 0) is 31.9 Å². The van der Waals surface area contributed by atoms with Crippen LogP contribution in [0.3, 0.4) is 0 Å². The van der Waals surface area contributed by atoms with E-state index in [2.05, 4.69) is 5.32 Å². The van der Waals surface area contributed by atoms with Gasteiger partial charge in [0, 0.05) is 12.6 Å². The summed E-state index contributed by atoms with van der Waals surface area (Å²) in [6, 6.07) is 5.22. The third kappa shape index (κ3) is 4.53. The van der Waals surface area contributed by atoms with E-state index in [1.165, 1.54) is 6.42 Å². The zero-order valence-electron chi connectivity index (χ0n) is 15.5. The molecular formula is C20H24N2O5. The molecule has 2 aliphatic rings. The molecular weight excluding hydrogens is 348 g/mol. The summed E-state index contributed by atoms with van der Waals surface area (Å²) in [5, 5.41) is 2.87. The van der Waals surface area contributed by atoms with E-state index in [1.54, 1.807) is 18.2 Å². The number of imide groups is 1. The fraction of sp³-hybridized carbons (Fsp3) is 0.500. The van der Waals surface area contributed by atoms with Crippen LogP contribution >= 0.6 is 0 Å². The Morgan fingerprint density at radius 3 is 2.56 bits per heavy atom. The number of ether oxygens (including phenoxy) is 1. The fourth-order valence-electron chi connectivity index (χ4n) is 3.55. The number of esters is 1. The number of amides is 3. The molecule has 7 heteroatoms. The second kappa shape index (κ2) is 8.33. The lowest BCUT2D eigenvalue weighted by Gasteiger charge is -2.22. The van der Waals surface area contributed by atoms with Gasteiger partial charge in [-0.25, -0.2) is 0 Å². The number of carbonyl (C=O) groups is 4. The predicted molar refractivity (Wildman–Crippen MR) is 97.1 cm³/mol. The minimum absolute atomic E-state index is 0.0610. The van der Waals surface area contributed by atoms with E-state index in [4.69, 9.17) is 4.74 Å². The van der Waals surface area contributed by atoms with Crippen molar-refractivity contribution in [3.63, 3.8) is 0 Å². The van der Waals surface area contributed by atoms with Gasteiger partial charge >= 0.3 is 5.97 Å². The topological polar surface area (TPSA) is 92.8 Å². The minimum atomic E-state index is -0.610. The van der Waals surface area contributed by atoms with Gasteiger partial charge in [0.25, 0.3) is 17.7 Å². The van der Waals surface area contributed by atoms with E-state index < -0.39 is 17.8 Å². The number of rotatable bonds is 6. The van der Waals surface area contributed by atoms with Gasteiger partial charge in [-0.1, -0.05) is 30.9 Å². The molecule has 1 aliphatic carbocycles. The zero-order valence-corrected chi connectivity index (χ0v) is 15.5. The summed E-state index contributed by atoms with van der Waals surface area (Å²) in [7, 11) is 0. The molecule has 0 atom stereocenters. The first-order chi connectivity index (χ1) is 13.0. The number of hydrogen-bond donors (Lipinski definition) is 1. The van der Waals surface area contributed by atoms with Crippen molar-refractivity contribution in [2.45, 2.75) is 51.5 Å². The summed E-state index contributed by atoms with van der Waals surface area (Å²) in [5.74, 6) is -1.73. The van der Waals surface area contributed by atoms with Crippen molar-refractivity contribution in [1.29, 1.82) is 0 Å². The van der Waals surface area contributed by atoms with Crippen LogP contribution in [0.4, 0.5) is 0 Å². The maximum atomic E-state index is 12.3. The molecule has 1 fully saturated rings. The molecule has 27 heavy (non-hydrogen) atoms. The summed E-state index contributed by atoms with van der Waals surface area (Å²) in [4.78, 5) is 49.4. The van der Waals surface area contributed by atoms with Crippen molar-refractivity contribution < 1.29 is 23.9 Å². The maximum absolute atomic E-state index is 12.3. The highest BCUT2D eigenvalue weighted by atomic mass is 16.5. The minimum Gasteiger partial charge on any atom is -0.456 e. The lowest BCUT2D eigenvalue weighted by atomic mass is 9.95. The highest BCUT2D eigenvalue weighted by Crippen LogP contribution is 2.24. The summed E-state index contributed by atoms with van der Waals surface area (Å²) >= 11 is 0. The van der Waals surface area contributed by atoms with Gasteiger partial charge in [-0.2, -0.15) is 0 Å². The van der Waals surface area contributed by atoms with Crippen LogP contribution in [0, 0.1) is 6.92 Å². The number of nitrogens with one attached hydrogen (secondary N) is 1. The molecule has 1 aromatic carbocycles. The summed E-state index contributed by atoms with van der Waals surface area (Å²) in [6.07, 6.45) is 5.17. The third-order valence-electron chi connectivity index (χ3n) is 5.00. The van der Waals surface area contributed by atoms with E-state index >= 15 is 0 Å². The van der Waals surface area contributed by atoms with Crippen LogP contribution in [0.15, 0.2) is 18.2 Å². The largest absolute Gasteiger partial charge is 0.456 e. The standard InChI is InChI=1S/C20H24N2O5/c1-13-7-8-15-16(11-13)20(26)22(19(15)25)10-9-18(24)27-12-17(23)21-14-5-3-2-4-6-14/h7-8,11,14H,2-6,9-10,12H2,1H3,(H,21,23). The number of benzene rings is 1. The number of fused-ring (bicyclic) bond motifs is 1. The number of carbonyl (C=O) groups excluding carboxylic acids is 4. The van der Waals surface area contributed by atoms with Crippen LogP contribution < -0.4 is 5.32 Å². The highest BCUT2D eigenvalue weighted by Gasteiger charge is 2.35. The van der Waals surface area contributed by atoms with Crippen LogP contribution in [-0.4, -0.2) is 47.8 Å². The molecule has 0 unspecified atom stereocenters. The Morgan fingerprint density at radius 1 is 1.11 bits per heavy atom. The number of hydrogen-bond acceptors (Lipinski definition) is 5. The molecule has 0 radical (unpaired) electrons. The highest BCUT2D eigenvalue weighted by molar-refractivity contribution is 6.21. The molecule has 0 aromatic heterocycles. The van der Waals surface area contributed by atoms with Crippen molar-refractivity contribution in [2.75, 3.05) is 13.2 Å². The fourth-order valence-corrected chi connectivity index (χ4v) is 3.55. The average molecular weight is 372 g/mol. The van der Waals surface area contributed by atoms with Gasteiger partial charge in [-0.3, -0.25) is 24.1 Å². The van der Waals surface area contributed by atoms with Gasteiger partial charge in [0.2, 0.25) is 0 Å². The predicted octanol–water partition coefficient (Wildman–Crippen LogP) is 1.97. The summed E-state index contributed by atoms with van der Waals surface area (Å²) in [5.41, 5.74) is 1.60. The second-order valence-electron chi connectivity index (χ2n) is 7.12. The van der Waals surface area contributed by atoms with E-state index in [1.807, 2.05) is 6.92 Å². The lowest BCUT2D eigenvalue weighted by Crippen LogP contribution is -2.39. The Kier molecular flexibility index (Phi) is 5.88. The lowest BCUT2D eigenvalue weighted by molar-refractivity contribution is -0.148. The van der Waals surface area contributed by atoms with Gasteiger partial charge < -0.3 is 10.1 Å². The monoisotopic (exact) mass is 372 g/mol.